The summed E-state index contributed by atoms with van der Waals surface area (Å²) in [5.41, 5.74) is 0. The monoisotopic (exact) mass is 146 g/mol. The van der Waals surface area contributed by atoms with Gasteiger partial charge in [0.2, 0.25) is 0 Å². The molecule has 0 fully saturated rings. The molecule has 56 valence electrons. The first-order valence-corrected chi connectivity index (χ1v) is 7.35. The lowest BCUT2D eigenvalue weighted by atomic mass is 10.8. The van der Waals surface area contributed by atoms with Crippen LogP contribution in [0.2, 0.25) is 25.7 Å². The quantitative estimate of drug-likeness (QED) is 0.437. The van der Waals surface area contributed by atoms with Crippen molar-refractivity contribution in [1.82, 2.24) is 0 Å². The number of ether oxygens (including phenoxy) is 1. The number of hydrogen-bond acceptors (Lipinski definition) is 1. The van der Waals surface area contributed by atoms with Crippen LogP contribution in [0.4, 0.5) is 0 Å². The minimum Gasteiger partial charge on any atom is -0.382 e. The minimum atomic E-state index is -0.819. The van der Waals surface area contributed by atoms with E-state index < -0.39 is 8.07 Å². The van der Waals surface area contributed by atoms with Crippen LogP contribution in [-0.4, -0.2) is 21.3 Å². The zero-order valence-corrected chi connectivity index (χ0v) is 8.03. The summed E-state index contributed by atoms with van der Waals surface area (Å²) in [5.74, 6) is 0. The molecule has 0 rings (SSSR count). The molecule has 0 saturated carbocycles. The van der Waals surface area contributed by atoms with E-state index in [1.165, 1.54) is 6.04 Å². The second-order valence-corrected chi connectivity index (χ2v) is 9.13. The molecule has 0 aliphatic carbocycles. The molecule has 1 nitrogen and oxygen atoms in total. The Labute approximate surface area is 59.4 Å². The van der Waals surface area contributed by atoms with E-state index in [1.54, 1.807) is 0 Å². The summed E-state index contributed by atoms with van der Waals surface area (Å²) in [7, 11) is -0.819. The molecule has 0 aromatic carbocycles. The van der Waals surface area contributed by atoms with Gasteiger partial charge in [-0.1, -0.05) is 19.6 Å². The molecule has 0 aromatic rings. The van der Waals surface area contributed by atoms with E-state index in [0.717, 1.165) is 13.2 Å². The van der Waals surface area contributed by atoms with Gasteiger partial charge in [0.15, 0.2) is 0 Å². The first kappa shape index (κ1) is 9.18. The molecule has 0 heterocycles. The molecular weight excluding hydrogens is 128 g/mol. The van der Waals surface area contributed by atoms with Gasteiger partial charge in [0.05, 0.1) is 0 Å². The second-order valence-electron chi connectivity index (χ2n) is 3.51. The molecule has 0 radical (unpaired) electrons. The smallest absolute Gasteiger partial charge is 0.0466 e. The zero-order valence-electron chi connectivity index (χ0n) is 7.03. The van der Waals surface area contributed by atoms with Gasteiger partial charge in [0, 0.05) is 21.3 Å². The Bertz CT molecular complexity index is 65.8. The predicted molar refractivity (Wildman–Crippen MR) is 44.6 cm³/mol. The van der Waals surface area contributed by atoms with Crippen LogP contribution in [0, 0.1) is 0 Å². The molecule has 0 saturated heterocycles. The summed E-state index contributed by atoms with van der Waals surface area (Å²) in [6.45, 7) is 11.0. The van der Waals surface area contributed by atoms with Crippen LogP contribution in [0.1, 0.15) is 6.92 Å². The van der Waals surface area contributed by atoms with E-state index in [1.807, 2.05) is 6.92 Å². The van der Waals surface area contributed by atoms with Crippen LogP contribution in [0.15, 0.2) is 0 Å². The lowest BCUT2D eigenvalue weighted by Gasteiger charge is -2.14. The van der Waals surface area contributed by atoms with Crippen LogP contribution < -0.4 is 0 Å². The van der Waals surface area contributed by atoms with Gasteiger partial charge < -0.3 is 4.74 Å². The average Bonchev–Trinajstić information content (AvgIpc) is 1.63. The first-order chi connectivity index (χ1) is 4.06. The van der Waals surface area contributed by atoms with Gasteiger partial charge in [0.25, 0.3) is 0 Å². The molecule has 0 atom stereocenters. The molecule has 0 spiro atoms. The van der Waals surface area contributed by atoms with Crippen LogP contribution in [-0.2, 0) is 4.74 Å². The third kappa shape index (κ3) is 8.18. The molecule has 0 aromatic heterocycles. The van der Waals surface area contributed by atoms with Crippen molar-refractivity contribution in [2.24, 2.45) is 0 Å². The van der Waals surface area contributed by atoms with Crippen molar-refractivity contribution in [1.29, 1.82) is 0 Å². The molecule has 9 heavy (non-hydrogen) atoms. The third-order valence-electron chi connectivity index (χ3n) is 1.20. The Balaban J connectivity index is 3.07. The Morgan fingerprint density at radius 3 is 2.11 bits per heavy atom. The molecular formula is C7H18OSi. The fourth-order valence-electron chi connectivity index (χ4n) is 0.523. The van der Waals surface area contributed by atoms with Gasteiger partial charge in [-0.15, -0.1) is 0 Å². The molecule has 0 bridgehead atoms. The summed E-state index contributed by atoms with van der Waals surface area (Å²) >= 11 is 0. The highest BCUT2D eigenvalue weighted by molar-refractivity contribution is 6.76. The Morgan fingerprint density at radius 2 is 1.78 bits per heavy atom. The van der Waals surface area contributed by atoms with Crippen LogP contribution in [0.25, 0.3) is 0 Å². The predicted octanol–water partition coefficient (Wildman–Crippen LogP) is 2.36. The van der Waals surface area contributed by atoms with Crippen molar-refractivity contribution in [3.05, 3.63) is 0 Å². The highest BCUT2D eigenvalue weighted by Crippen LogP contribution is 2.06. The largest absolute Gasteiger partial charge is 0.382 e. The minimum absolute atomic E-state index is 0.819. The second kappa shape index (κ2) is 4.07. The van der Waals surface area contributed by atoms with Gasteiger partial charge >= 0.3 is 0 Å². The number of hydrogen-bond donors (Lipinski definition) is 0. The standard InChI is InChI=1S/C7H18OSi/c1-5-8-6-7-9(2,3)4/h5-7H2,1-4H3. The van der Waals surface area contributed by atoms with E-state index in [0.29, 0.717) is 0 Å². The van der Waals surface area contributed by atoms with Crippen LogP contribution in [0.5, 0.6) is 0 Å². The fourth-order valence-corrected chi connectivity index (χ4v) is 1.28. The fraction of sp³-hybridized carbons (Fsp3) is 1.00. The van der Waals surface area contributed by atoms with Crippen molar-refractivity contribution >= 4 is 8.07 Å². The Hall–Kier alpha value is 0.177. The van der Waals surface area contributed by atoms with E-state index in [-0.39, 0.29) is 0 Å². The lowest BCUT2D eigenvalue weighted by molar-refractivity contribution is 0.161. The Kier molecular flexibility index (Phi) is 4.15. The van der Waals surface area contributed by atoms with Gasteiger partial charge in [-0.3, -0.25) is 0 Å². The van der Waals surface area contributed by atoms with Crippen molar-refractivity contribution in [2.75, 3.05) is 13.2 Å². The lowest BCUT2D eigenvalue weighted by Crippen LogP contribution is -2.21. The summed E-state index contributed by atoms with van der Waals surface area (Å²) < 4.78 is 5.24. The van der Waals surface area contributed by atoms with Gasteiger partial charge in [0.1, 0.15) is 0 Å². The van der Waals surface area contributed by atoms with Gasteiger partial charge in [-0.25, -0.2) is 0 Å². The number of rotatable bonds is 4. The topological polar surface area (TPSA) is 9.23 Å². The van der Waals surface area contributed by atoms with E-state index in [2.05, 4.69) is 19.6 Å². The maximum atomic E-state index is 5.24. The molecule has 0 unspecified atom stereocenters. The molecule has 2 heteroatoms. The highest BCUT2D eigenvalue weighted by atomic mass is 28.3. The summed E-state index contributed by atoms with van der Waals surface area (Å²) in [6, 6.07) is 1.29. The normalized spacial score (nSPS) is 12.0. The van der Waals surface area contributed by atoms with Crippen molar-refractivity contribution in [2.45, 2.75) is 32.6 Å². The summed E-state index contributed by atoms with van der Waals surface area (Å²) in [6.07, 6.45) is 0. The molecule has 0 N–H and O–H groups in total. The van der Waals surface area contributed by atoms with Gasteiger partial charge in [-0.2, -0.15) is 0 Å². The summed E-state index contributed by atoms with van der Waals surface area (Å²) in [5, 5.41) is 0. The average molecular weight is 146 g/mol. The van der Waals surface area contributed by atoms with Crippen molar-refractivity contribution < 1.29 is 4.74 Å². The SMILES string of the molecule is CCOCC[Si](C)(C)C. The van der Waals surface area contributed by atoms with Gasteiger partial charge in [-0.05, 0) is 13.0 Å². The third-order valence-corrected chi connectivity index (χ3v) is 2.90. The van der Waals surface area contributed by atoms with E-state index >= 15 is 0 Å². The van der Waals surface area contributed by atoms with E-state index in [4.69, 9.17) is 4.74 Å². The zero-order chi connectivity index (χ0) is 7.33. The highest BCUT2D eigenvalue weighted by Gasteiger charge is 2.11. The first-order valence-electron chi connectivity index (χ1n) is 3.64. The molecule has 0 aliphatic heterocycles. The van der Waals surface area contributed by atoms with Crippen LogP contribution in [0.3, 0.4) is 0 Å². The van der Waals surface area contributed by atoms with E-state index in [9.17, 15) is 0 Å². The maximum absolute atomic E-state index is 5.24. The molecule has 0 aliphatic rings. The van der Waals surface area contributed by atoms with Crippen molar-refractivity contribution in [3.63, 3.8) is 0 Å². The van der Waals surface area contributed by atoms with Crippen molar-refractivity contribution in [3.8, 4) is 0 Å². The maximum Gasteiger partial charge on any atom is 0.0466 e. The molecule has 0 amide bonds. The van der Waals surface area contributed by atoms with Crippen LogP contribution >= 0.6 is 0 Å². The Morgan fingerprint density at radius 1 is 1.22 bits per heavy atom. The summed E-state index contributed by atoms with van der Waals surface area (Å²) in [4.78, 5) is 0.